The third kappa shape index (κ3) is 3.07. The summed E-state index contributed by atoms with van der Waals surface area (Å²) in [5.74, 6) is 1.69. The highest BCUT2D eigenvalue weighted by Gasteiger charge is 2.15. The maximum Gasteiger partial charge on any atom is 0.137 e. The lowest BCUT2D eigenvalue weighted by Gasteiger charge is -2.22. The highest BCUT2D eigenvalue weighted by atomic mass is 14.9. The van der Waals surface area contributed by atoms with Crippen molar-refractivity contribution in [1.82, 2.24) is 9.97 Å². The van der Waals surface area contributed by atoms with Gasteiger partial charge >= 0.3 is 0 Å². The van der Waals surface area contributed by atoms with Crippen LogP contribution in [0.3, 0.4) is 0 Å². The van der Waals surface area contributed by atoms with Gasteiger partial charge in [0.2, 0.25) is 0 Å². The van der Waals surface area contributed by atoms with Crippen LogP contribution in [0.4, 0.5) is 0 Å². The van der Waals surface area contributed by atoms with E-state index in [1.54, 1.807) is 0 Å². The molecule has 0 bridgehead atoms. The zero-order chi connectivity index (χ0) is 15.5. The Bertz CT molecular complexity index is 750. The van der Waals surface area contributed by atoms with E-state index in [-0.39, 0.29) is 0 Å². The fraction of sp³-hybridized carbons (Fsp3) is 0.286. The number of H-pyrrole nitrogens is 1. The summed E-state index contributed by atoms with van der Waals surface area (Å²) >= 11 is 0. The minimum Gasteiger partial charge on any atom is -0.338 e. The third-order valence-electron chi connectivity index (χ3n) is 4.92. The maximum absolute atomic E-state index is 4.52. The van der Waals surface area contributed by atoms with Crippen molar-refractivity contribution in [2.45, 2.75) is 38.0 Å². The van der Waals surface area contributed by atoms with Crippen molar-refractivity contribution < 1.29 is 0 Å². The predicted molar refractivity (Wildman–Crippen MR) is 95.3 cm³/mol. The van der Waals surface area contributed by atoms with Gasteiger partial charge in [0.05, 0.1) is 11.9 Å². The summed E-state index contributed by atoms with van der Waals surface area (Å²) in [6.07, 6.45) is 8.80. The van der Waals surface area contributed by atoms with Crippen LogP contribution in [0.5, 0.6) is 0 Å². The maximum atomic E-state index is 4.52. The highest BCUT2D eigenvalue weighted by molar-refractivity contribution is 5.64. The summed E-state index contributed by atoms with van der Waals surface area (Å²) in [7, 11) is 0. The molecule has 0 atom stereocenters. The summed E-state index contributed by atoms with van der Waals surface area (Å²) in [5.41, 5.74) is 4.91. The number of rotatable bonds is 3. The molecule has 3 aromatic rings. The van der Waals surface area contributed by atoms with Gasteiger partial charge in [-0.1, -0.05) is 73.9 Å². The monoisotopic (exact) mass is 302 g/mol. The molecule has 0 saturated heterocycles. The molecule has 1 aromatic heterocycles. The molecular formula is C21H22N2. The normalized spacial score (nSPS) is 15.7. The van der Waals surface area contributed by atoms with Crippen LogP contribution in [0.1, 0.15) is 43.6 Å². The topological polar surface area (TPSA) is 28.7 Å². The first-order valence-electron chi connectivity index (χ1n) is 8.61. The van der Waals surface area contributed by atoms with E-state index in [0.717, 1.165) is 23.0 Å². The molecule has 1 saturated carbocycles. The number of aromatic nitrogens is 2. The lowest BCUT2D eigenvalue weighted by Crippen LogP contribution is -2.04. The minimum atomic E-state index is 0.763. The van der Waals surface area contributed by atoms with E-state index in [4.69, 9.17) is 0 Å². The molecule has 2 nitrogen and oxygen atoms in total. The van der Waals surface area contributed by atoms with Crippen LogP contribution in [0, 0.1) is 0 Å². The zero-order valence-electron chi connectivity index (χ0n) is 13.3. The second-order valence-corrected chi connectivity index (χ2v) is 6.47. The molecule has 0 unspecified atom stereocenters. The van der Waals surface area contributed by atoms with Crippen molar-refractivity contribution >= 4 is 0 Å². The molecule has 116 valence electrons. The summed E-state index contributed by atoms with van der Waals surface area (Å²) in [4.78, 5) is 7.95. The van der Waals surface area contributed by atoms with Crippen LogP contribution in [-0.2, 0) is 0 Å². The average Bonchev–Trinajstić information content (AvgIpc) is 3.14. The van der Waals surface area contributed by atoms with Crippen molar-refractivity contribution in [3.63, 3.8) is 0 Å². The molecular weight excluding hydrogens is 280 g/mol. The number of hydrogen-bond donors (Lipinski definition) is 1. The second-order valence-electron chi connectivity index (χ2n) is 6.47. The summed E-state index contributed by atoms with van der Waals surface area (Å²) in [6, 6.07) is 19.3. The molecule has 2 aromatic carbocycles. The fourth-order valence-electron chi connectivity index (χ4n) is 3.58. The summed E-state index contributed by atoms with van der Waals surface area (Å²) in [5, 5.41) is 0. The van der Waals surface area contributed by atoms with E-state index in [1.165, 1.54) is 43.2 Å². The molecule has 0 amide bonds. The number of hydrogen-bond acceptors (Lipinski definition) is 1. The van der Waals surface area contributed by atoms with Crippen molar-refractivity contribution in [2.24, 2.45) is 0 Å². The third-order valence-corrected chi connectivity index (χ3v) is 4.92. The molecule has 2 heteroatoms. The molecule has 4 rings (SSSR count). The smallest absolute Gasteiger partial charge is 0.137 e. The van der Waals surface area contributed by atoms with Gasteiger partial charge in [-0.15, -0.1) is 0 Å². The van der Waals surface area contributed by atoms with E-state index >= 15 is 0 Å². The van der Waals surface area contributed by atoms with Gasteiger partial charge in [-0.2, -0.15) is 0 Å². The van der Waals surface area contributed by atoms with E-state index in [0.29, 0.717) is 0 Å². The van der Waals surface area contributed by atoms with Gasteiger partial charge in [-0.25, -0.2) is 4.98 Å². The lowest BCUT2D eigenvalue weighted by atomic mass is 9.84. The fourth-order valence-corrected chi connectivity index (χ4v) is 3.58. The Hall–Kier alpha value is -2.35. The lowest BCUT2D eigenvalue weighted by molar-refractivity contribution is 0.443. The Morgan fingerprint density at radius 3 is 2.26 bits per heavy atom. The molecule has 0 radical (unpaired) electrons. The number of nitrogens with one attached hydrogen (secondary N) is 1. The number of aromatic amines is 1. The quantitative estimate of drug-likeness (QED) is 0.651. The van der Waals surface area contributed by atoms with Crippen LogP contribution in [0.25, 0.3) is 22.6 Å². The van der Waals surface area contributed by atoms with Gasteiger partial charge in [0.25, 0.3) is 0 Å². The van der Waals surface area contributed by atoms with Crippen molar-refractivity contribution in [3.05, 3.63) is 66.4 Å². The van der Waals surface area contributed by atoms with E-state index in [1.807, 2.05) is 24.4 Å². The van der Waals surface area contributed by atoms with E-state index < -0.39 is 0 Å². The Labute approximate surface area is 137 Å². The Morgan fingerprint density at radius 1 is 0.783 bits per heavy atom. The Morgan fingerprint density at radius 2 is 1.52 bits per heavy atom. The molecule has 1 heterocycles. The first-order chi connectivity index (χ1) is 11.4. The second kappa shape index (κ2) is 6.41. The van der Waals surface area contributed by atoms with Crippen molar-refractivity contribution in [1.29, 1.82) is 0 Å². The standard InChI is InChI=1S/C21H22N2/c1-3-7-16(8-4-1)17-11-13-18(14-12-17)20-15-22-21(23-20)19-9-5-2-6-10-19/h2,5-6,9-16H,1,3-4,7-8H2,(H,22,23). The number of nitrogens with zero attached hydrogens (tertiary/aromatic N) is 1. The molecule has 0 spiro atoms. The average molecular weight is 302 g/mol. The van der Waals surface area contributed by atoms with E-state index in [2.05, 4.69) is 46.4 Å². The Balaban J connectivity index is 1.55. The Kier molecular flexibility index (Phi) is 3.97. The summed E-state index contributed by atoms with van der Waals surface area (Å²) < 4.78 is 0. The van der Waals surface area contributed by atoms with Crippen LogP contribution >= 0.6 is 0 Å². The van der Waals surface area contributed by atoms with Crippen LogP contribution in [0.2, 0.25) is 0 Å². The first kappa shape index (κ1) is 14.3. The van der Waals surface area contributed by atoms with Gasteiger partial charge in [0.15, 0.2) is 0 Å². The highest BCUT2D eigenvalue weighted by Crippen LogP contribution is 2.33. The SMILES string of the molecule is c1ccc(-c2ncc(-c3ccc(C4CCCCC4)cc3)[nH]2)cc1. The van der Waals surface area contributed by atoms with Gasteiger partial charge in [-0.05, 0) is 29.9 Å². The zero-order valence-corrected chi connectivity index (χ0v) is 13.3. The molecule has 1 aliphatic rings. The predicted octanol–water partition coefficient (Wildman–Crippen LogP) is 5.79. The number of imidazole rings is 1. The van der Waals surface area contributed by atoms with Crippen LogP contribution in [-0.4, -0.2) is 9.97 Å². The van der Waals surface area contributed by atoms with Crippen molar-refractivity contribution in [2.75, 3.05) is 0 Å². The van der Waals surface area contributed by atoms with Crippen molar-refractivity contribution in [3.8, 4) is 22.6 Å². The van der Waals surface area contributed by atoms with Gasteiger partial charge in [-0.3, -0.25) is 0 Å². The number of benzene rings is 2. The van der Waals surface area contributed by atoms with Gasteiger partial charge in [0, 0.05) is 5.56 Å². The largest absolute Gasteiger partial charge is 0.338 e. The molecule has 1 fully saturated rings. The molecule has 1 N–H and O–H groups in total. The molecule has 0 aliphatic heterocycles. The van der Waals surface area contributed by atoms with E-state index in [9.17, 15) is 0 Å². The van der Waals surface area contributed by atoms with Gasteiger partial charge in [0.1, 0.15) is 5.82 Å². The minimum absolute atomic E-state index is 0.763. The van der Waals surface area contributed by atoms with Crippen LogP contribution in [0.15, 0.2) is 60.8 Å². The van der Waals surface area contributed by atoms with Gasteiger partial charge < -0.3 is 4.98 Å². The molecule has 23 heavy (non-hydrogen) atoms. The summed E-state index contributed by atoms with van der Waals surface area (Å²) in [6.45, 7) is 0. The molecule has 1 aliphatic carbocycles. The van der Waals surface area contributed by atoms with Crippen LogP contribution < -0.4 is 0 Å². The first-order valence-corrected chi connectivity index (χ1v) is 8.61.